The summed E-state index contributed by atoms with van der Waals surface area (Å²) in [5, 5.41) is 9.03. The third-order valence-corrected chi connectivity index (χ3v) is 4.80. The first kappa shape index (κ1) is 17.7. The van der Waals surface area contributed by atoms with Crippen molar-refractivity contribution in [3.05, 3.63) is 60.2 Å². The fraction of sp³-hybridized carbons (Fsp3) is 0.200. The van der Waals surface area contributed by atoms with Gasteiger partial charge in [-0.1, -0.05) is 30.3 Å². The smallest absolute Gasteiger partial charge is 0.206 e. The number of sulfone groups is 1. The summed E-state index contributed by atoms with van der Waals surface area (Å²) >= 11 is 0. The lowest BCUT2D eigenvalue weighted by atomic mass is 10.1. The molecule has 3 N–H and O–H groups in total. The van der Waals surface area contributed by atoms with Gasteiger partial charge in [-0.2, -0.15) is 0 Å². The van der Waals surface area contributed by atoms with Crippen LogP contribution in [0.2, 0.25) is 0 Å². The number of aliphatic hydroxyl groups is 1. The Bertz CT molecular complexity index is 655. The zero-order valence-corrected chi connectivity index (χ0v) is 13.0. The minimum Gasteiger partial charge on any atom is -0.379 e. The van der Waals surface area contributed by atoms with E-state index in [1.165, 1.54) is 0 Å². The summed E-state index contributed by atoms with van der Waals surface area (Å²) in [6.07, 6.45) is 0.219. The van der Waals surface area contributed by atoms with Crippen LogP contribution in [0.5, 0.6) is 0 Å². The molecular formula is C15H18ClNO3S. The van der Waals surface area contributed by atoms with E-state index in [9.17, 15) is 8.42 Å². The standard InChI is InChI=1S/C15H17NO3S.ClH/c16-15(17)11-8-12-6-9-14(10-7-12)20(18,19)13-4-2-1-3-5-13;/h1-7,9-10,15,17H,8,11,16H2;1H. The molecule has 4 nitrogen and oxygen atoms in total. The van der Waals surface area contributed by atoms with Crippen LogP contribution in [0.4, 0.5) is 0 Å². The van der Waals surface area contributed by atoms with Gasteiger partial charge in [-0.15, -0.1) is 12.4 Å². The average Bonchev–Trinajstić information content (AvgIpc) is 2.46. The summed E-state index contributed by atoms with van der Waals surface area (Å²) in [7, 11) is -3.46. The summed E-state index contributed by atoms with van der Waals surface area (Å²) in [6.45, 7) is 0. The van der Waals surface area contributed by atoms with Gasteiger partial charge in [0.15, 0.2) is 0 Å². The number of rotatable bonds is 5. The van der Waals surface area contributed by atoms with E-state index in [-0.39, 0.29) is 22.2 Å². The van der Waals surface area contributed by atoms with Gasteiger partial charge in [0.1, 0.15) is 6.23 Å². The Morgan fingerprint density at radius 3 is 2.00 bits per heavy atom. The van der Waals surface area contributed by atoms with Crippen molar-refractivity contribution in [1.82, 2.24) is 0 Å². The molecule has 0 aromatic heterocycles. The second kappa shape index (κ2) is 7.56. The van der Waals surface area contributed by atoms with E-state index in [1.807, 2.05) is 0 Å². The van der Waals surface area contributed by atoms with Gasteiger partial charge in [-0.05, 0) is 42.7 Å². The first-order valence-electron chi connectivity index (χ1n) is 6.33. The van der Waals surface area contributed by atoms with Crippen molar-refractivity contribution in [2.45, 2.75) is 28.9 Å². The predicted octanol–water partition coefficient (Wildman–Crippen LogP) is 2.15. The summed E-state index contributed by atoms with van der Waals surface area (Å²) in [6, 6.07) is 15.0. The van der Waals surface area contributed by atoms with Gasteiger partial charge in [0.05, 0.1) is 9.79 Å². The highest BCUT2D eigenvalue weighted by molar-refractivity contribution is 7.91. The van der Waals surface area contributed by atoms with E-state index >= 15 is 0 Å². The molecule has 0 fully saturated rings. The Morgan fingerprint density at radius 2 is 1.48 bits per heavy atom. The summed E-state index contributed by atoms with van der Waals surface area (Å²) in [5.74, 6) is 0. The van der Waals surface area contributed by atoms with Gasteiger partial charge < -0.3 is 10.8 Å². The maximum absolute atomic E-state index is 12.4. The number of aryl methyl sites for hydroxylation is 1. The summed E-state index contributed by atoms with van der Waals surface area (Å²) < 4.78 is 24.7. The molecule has 114 valence electrons. The average molecular weight is 328 g/mol. The Balaban J connectivity index is 0.00000220. The third-order valence-electron chi connectivity index (χ3n) is 3.02. The van der Waals surface area contributed by atoms with E-state index < -0.39 is 16.1 Å². The molecule has 0 aliphatic heterocycles. The largest absolute Gasteiger partial charge is 0.379 e. The number of hydrogen-bond acceptors (Lipinski definition) is 4. The molecule has 1 unspecified atom stereocenters. The molecular weight excluding hydrogens is 310 g/mol. The molecule has 0 bridgehead atoms. The molecule has 0 heterocycles. The molecule has 0 amide bonds. The van der Waals surface area contributed by atoms with Crippen molar-refractivity contribution in [1.29, 1.82) is 0 Å². The van der Waals surface area contributed by atoms with Gasteiger partial charge in [0.25, 0.3) is 0 Å². The SMILES string of the molecule is Cl.NC(O)CCc1ccc(S(=O)(=O)c2ccccc2)cc1. The van der Waals surface area contributed by atoms with Crippen molar-refractivity contribution in [2.24, 2.45) is 5.73 Å². The Morgan fingerprint density at radius 1 is 0.952 bits per heavy atom. The van der Waals surface area contributed by atoms with Crippen molar-refractivity contribution in [2.75, 3.05) is 0 Å². The quantitative estimate of drug-likeness (QED) is 0.825. The molecule has 2 rings (SSSR count). The molecule has 0 aliphatic rings. The van der Waals surface area contributed by atoms with Gasteiger partial charge in [-0.3, -0.25) is 0 Å². The molecule has 0 aliphatic carbocycles. The molecule has 21 heavy (non-hydrogen) atoms. The molecule has 0 saturated carbocycles. The molecule has 6 heteroatoms. The van der Waals surface area contributed by atoms with Crippen LogP contribution in [-0.4, -0.2) is 19.8 Å². The minimum absolute atomic E-state index is 0. The van der Waals surface area contributed by atoms with Crippen LogP contribution in [0.25, 0.3) is 0 Å². The van der Waals surface area contributed by atoms with Gasteiger partial charge in [0, 0.05) is 0 Å². The summed E-state index contributed by atoms with van der Waals surface area (Å²) in [5.41, 5.74) is 6.22. The molecule has 0 saturated heterocycles. The Labute approximate surface area is 130 Å². The number of nitrogens with two attached hydrogens (primary N) is 1. The van der Waals surface area contributed by atoms with E-state index in [0.717, 1.165) is 5.56 Å². The lowest BCUT2D eigenvalue weighted by Gasteiger charge is -2.07. The van der Waals surface area contributed by atoms with Crippen LogP contribution in [0.3, 0.4) is 0 Å². The zero-order valence-electron chi connectivity index (χ0n) is 11.3. The number of benzene rings is 2. The van der Waals surface area contributed by atoms with Crippen molar-refractivity contribution < 1.29 is 13.5 Å². The van der Waals surface area contributed by atoms with Gasteiger partial charge in [0.2, 0.25) is 9.84 Å². The van der Waals surface area contributed by atoms with Crippen molar-refractivity contribution in [3.63, 3.8) is 0 Å². The number of aliphatic hydroxyl groups excluding tert-OH is 1. The minimum atomic E-state index is -3.46. The number of halogens is 1. The van der Waals surface area contributed by atoms with Gasteiger partial charge in [-0.25, -0.2) is 8.42 Å². The molecule has 2 aromatic carbocycles. The number of hydrogen-bond donors (Lipinski definition) is 2. The monoisotopic (exact) mass is 327 g/mol. The highest BCUT2D eigenvalue weighted by Crippen LogP contribution is 2.21. The van der Waals surface area contributed by atoms with Crippen LogP contribution in [0.1, 0.15) is 12.0 Å². The van der Waals surface area contributed by atoms with E-state index in [0.29, 0.717) is 12.8 Å². The second-order valence-corrected chi connectivity index (χ2v) is 6.52. The Kier molecular flexibility index (Phi) is 6.36. The Hall–Kier alpha value is -1.40. The van der Waals surface area contributed by atoms with E-state index in [2.05, 4.69) is 0 Å². The topological polar surface area (TPSA) is 80.4 Å². The lowest BCUT2D eigenvalue weighted by Crippen LogP contribution is -2.19. The van der Waals surface area contributed by atoms with Gasteiger partial charge >= 0.3 is 0 Å². The maximum Gasteiger partial charge on any atom is 0.206 e. The van der Waals surface area contributed by atoms with Crippen LogP contribution in [-0.2, 0) is 16.3 Å². The highest BCUT2D eigenvalue weighted by atomic mass is 35.5. The second-order valence-electron chi connectivity index (χ2n) is 4.57. The fourth-order valence-corrected chi connectivity index (χ4v) is 3.17. The maximum atomic E-state index is 12.4. The van der Waals surface area contributed by atoms with Crippen LogP contribution < -0.4 is 5.73 Å². The zero-order chi connectivity index (χ0) is 14.6. The molecule has 0 radical (unpaired) electrons. The summed E-state index contributed by atoms with van der Waals surface area (Å²) in [4.78, 5) is 0.547. The normalized spacial score (nSPS) is 12.5. The van der Waals surface area contributed by atoms with E-state index in [4.69, 9.17) is 10.8 Å². The first-order valence-corrected chi connectivity index (χ1v) is 7.81. The van der Waals surface area contributed by atoms with Crippen LogP contribution in [0, 0.1) is 0 Å². The van der Waals surface area contributed by atoms with Crippen LogP contribution >= 0.6 is 12.4 Å². The molecule has 2 aromatic rings. The molecule has 0 spiro atoms. The predicted molar refractivity (Wildman–Crippen MR) is 84.1 cm³/mol. The van der Waals surface area contributed by atoms with Crippen molar-refractivity contribution >= 4 is 22.2 Å². The third kappa shape index (κ3) is 4.54. The molecule has 1 atom stereocenters. The van der Waals surface area contributed by atoms with Crippen LogP contribution in [0.15, 0.2) is 64.4 Å². The first-order chi connectivity index (χ1) is 9.50. The fourth-order valence-electron chi connectivity index (χ4n) is 1.89. The van der Waals surface area contributed by atoms with Crippen molar-refractivity contribution in [3.8, 4) is 0 Å². The highest BCUT2D eigenvalue weighted by Gasteiger charge is 2.16. The van der Waals surface area contributed by atoms with E-state index in [1.54, 1.807) is 54.6 Å². The lowest BCUT2D eigenvalue weighted by molar-refractivity contribution is 0.172.